The molecule has 1 aromatic carbocycles. The molecule has 1 heteroatoms. The van der Waals surface area contributed by atoms with Crippen molar-refractivity contribution in [2.24, 2.45) is 5.92 Å². The van der Waals surface area contributed by atoms with Gasteiger partial charge in [-0.25, -0.2) is 0 Å². The van der Waals surface area contributed by atoms with E-state index < -0.39 is 0 Å². The molecule has 0 amide bonds. The normalized spacial score (nSPS) is 10.5. The Balaban J connectivity index is 3.01. The van der Waals surface area contributed by atoms with Crippen LogP contribution in [0, 0.1) is 5.92 Å². The number of hydrogen-bond acceptors (Lipinski definition) is 0. The van der Waals surface area contributed by atoms with Gasteiger partial charge in [0.2, 0.25) is 0 Å². The fraction of sp³-hybridized carbons (Fsp3) is 0.333. The van der Waals surface area contributed by atoms with Gasteiger partial charge in [0.1, 0.15) is 0 Å². The second-order valence-corrected chi connectivity index (χ2v) is 4.08. The van der Waals surface area contributed by atoms with Crippen LogP contribution in [0.2, 0.25) is 5.02 Å². The molecular formula is C12H15Cl. The van der Waals surface area contributed by atoms with Crippen molar-refractivity contribution in [3.05, 3.63) is 40.9 Å². The minimum atomic E-state index is 0.650. The van der Waals surface area contributed by atoms with Gasteiger partial charge in [-0.15, -0.1) is 0 Å². The molecular weight excluding hydrogens is 180 g/mol. The van der Waals surface area contributed by atoms with Crippen molar-refractivity contribution < 1.29 is 0 Å². The number of hydrogen-bond donors (Lipinski definition) is 0. The quantitative estimate of drug-likeness (QED) is 0.677. The van der Waals surface area contributed by atoms with E-state index in [0.717, 1.165) is 11.4 Å². The van der Waals surface area contributed by atoms with Crippen LogP contribution in [0.4, 0.5) is 0 Å². The lowest BCUT2D eigenvalue weighted by Gasteiger charge is -2.08. The third-order valence-corrected chi connectivity index (χ3v) is 2.19. The number of rotatable bonds is 3. The monoisotopic (exact) mass is 194 g/mol. The molecule has 0 aliphatic heterocycles. The van der Waals surface area contributed by atoms with E-state index in [4.69, 9.17) is 11.6 Å². The summed E-state index contributed by atoms with van der Waals surface area (Å²) in [6.07, 6.45) is 2.94. The van der Waals surface area contributed by atoms with Crippen LogP contribution in [-0.4, -0.2) is 0 Å². The third-order valence-electron chi connectivity index (χ3n) is 1.95. The summed E-state index contributed by atoms with van der Waals surface area (Å²) < 4.78 is 0. The summed E-state index contributed by atoms with van der Waals surface area (Å²) in [5.74, 6) is 0.650. The average Bonchev–Trinajstić information content (AvgIpc) is 2.03. The van der Waals surface area contributed by atoms with Crippen LogP contribution >= 0.6 is 11.6 Å². The van der Waals surface area contributed by atoms with Crippen LogP contribution in [0.3, 0.4) is 0 Å². The largest absolute Gasteiger partial charge is 0.0985 e. The Morgan fingerprint density at radius 1 is 1.46 bits per heavy atom. The smallest absolute Gasteiger partial charge is 0.0409 e. The molecule has 0 radical (unpaired) electrons. The molecule has 0 bridgehead atoms. The van der Waals surface area contributed by atoms with Crippen molar-refractivity contribution >= 4 is 17.7 Å². The molecule has 13 heavy (non-hydrogen) atoms. The predicted molar refractivity (Wildman–Crippen MR) is 60.1 cm³/mol. The molecule has 1 rings (SSSR count). The molecule has 0 aromatic heterocycles. The minimum Gasteiger partial charge on any atom is -0.0985 e. The average molecular weight is 195 g/mol. The van der Waals surface area contributed by atoms with E-state index in [1.54, 1.807) is 0 Å². The van der Waals surface area contributed by atoms with E-state index in [2.05, 4.69) is 20.4 Å². The molecule has 0 spiro atoms. The number of benzene rings is 1. The van der Waals surface area contributed by atoms with Gasteiger partial charge in [0.25, 0.3) is 0 Å². The van der Waals surface area contributed by atoms with Gasteiger partial charge in [-0.1, -0.05) is 44.2 Å². The highest BCUT2D eigenvalue weighted by molar-refractivity contribution is 6.30. The molecule has 0 N–H and O–H groups in total. The number of halogens is 1. The molecule has 70 valence electrons. The molecule has 0 saturated carbocycles. The van der Waals surface area contributed by atoms with Crippen molar-refractivity contribution in [2.45, 2.75) is 20.3 Å². The molecule has 0 heterocycles. The molecule has 0 atom stereocenters. The Bertz CT molecular complexity index is 300. The van der Waals surface area contributed by atoms with Crippen molar-refractivity contribution in [3.8, 4) is 0 Å². The Kier molecular flexibility index (Phi) is 3.56. The molecule has 0 nitrogen and oxygen atoms in total. The van der Waals surface area contributed by atoms with Crippen LogP contribution in [0.25, 0.3) is 6.08 Å². The maximum absolute atomic E-state index is 5.92. The lowest BCUT2D eigenvalue weighted by molar-refractivity contribution is 0.646. The van der Waals surface area contributed by atoms with Gasteiger partial charge < -0.3 is 0 Å². The van der Waals surface area contributed by atoms with Gasteiger partial charge in [-0.2, -0.15) is 0 Å². The van der Waals surface area contributed by atoms with Gasteiger partial charge in [0.05, 0.1) is 0 Å². The molecule has 0 aliphatic rings. The zero-order valence-corrected chi connectivity index (χ0v) is 8.93. The van der Waals surface area contributed by atoms with Crippen LogP contribution < -0.4 is 0 Å². The summed E-state index contributed by atoms with van der Waals surface area (Å²) in [6.45, 7) is 8.19. The second-order valence-electron chi connectivity index (χ2n) is 3.65. The Morgan fingerprint density at radius 3 is 2.69 bits per heavy atom. The molecule has 0 aliphatic carbocycles. The van der Waals surface area contributed by atoms with Gasteiger partial charge in [-0.3, -0.25) is 0 Å². The fourth-order valence-corrected chi connectivity index (χ4v) is 1.58. The maximum atomic E-state index is 5.92. The highest BCUT2D eigenvalue weighted by Crippen LogP contribution is 2.19. The Labute approximate surface area is 85.2 Å². The molecule has 1 aromatic rings. The van der Waals surface area contributed by atoms with E-state index in [1.807, 2.05) is 24.3 Å². The van der Waals surface area contributed by atoms with Gasteiger partial charge in [0.15, 0.2) is 0 Å². The predicted octanol–water partition coefficient (Wildman–Crippen LogP) is 4.18. The van der Waals surface area contributed by atoms with Gasteiger partial charge in [-0.05, 0) is 35.6 Å². The standard InChI is InChI=1S/C12H15Cl/c1-4-10-5-6-12(13)8-11(10)7-9(2)3/h4-6,8-9H,1,7H2,2-3H3. The third kappa shape index (κ3) is 2.89. The van der Waals surface area contributed by atoms with Crippen molar-refractivity contribution in [3.63, 3.8) is 0 Å². The van der Waals surface area contributed by atoms with Crippen LogP contribution in [0.15, 0.2) is 24.8 Å². The van der Waals surface area contributed by atoms with E-state index in [-0.39, 0.29) is 0 Å². The molecule has 0 unspecified atom stereocenters. The van der Waals surface area contributed by atoms with E-state index in [1.165, 1.54) is 11.1 Å². The summed E-state index contributed by atoms with van der Waals surface area (Å²) in [5.41, 5.74) is 2.48. The minimum absolute atomic E-state index is 0.650. The van der Waals surface area contributed by atoms with E-state index >= 15 is 0 Å². The first-order chi connectivity index (χ1) is 6.13. The summed E-state index contributed by atoms with van der Waals surface area (Å²) >= 11 is 5.92. The van der Waals surface area contributed by atoms with Crippen molar-refractivity contribution in [1.29, 1.82) is 0 Å². The highest BCUT2D eigenvalue weighted by atomic mass is 35.5. The SMILES string of the molecule is C=Cc1ccc(Cl)cc1CC(C)C. The first kappa shape index (κ1) is 10.3. The fourth-order valence-electron chi connectivity index (χ4n) is 1.39. The Morgan fingerprint density at radius 2 is 2.15 bits per heavy atom. The maximum Gasteiger partial charge on any atom is 0.0409 e. The summed E-state index contributed by atoms with van der Waals surface area (Å²) in [5, 5.41) is 0.807. The van der Waals surface area contributed by atoms with Gasteiger partial charge in [0, 0.05) is 5.02 Å². The zero-order chi connectivity index (χ0) is 9.84. The first-order valence-electron chi connectivity index (χ1n) is 4.54. The Hall–Kier alpha value is -0.750. The van der Waals surface area contributed by atoms with E-state index in [9.17, 15) is 0 Å². The summed E-state index contributed by atoms with van der Waals surface area (Å²) in [4.78, 5) is 0. The van der Waals surface area contributed by atoms with Crippen LogP contribution in [0.5, 0.6) is 0 Å². The van der Waals surface area contributed by atoms with Crippen molar-refractivity contribution in [1.82, 2.24) is 0 Å². The van der Waals surface area contributed by atoms with Gasteiger partial charge >= 0.3 is 0 Å². The molecule has 0 saturated heterocycles. The highest BCUT2D eigenvalue weighted by Gasteiger charge is 2.02. The zero-order valence-electron chi connectivity index (χ0n) is 8.18. The lowest BCUT2D eigenvalue weighted by Crippen LogP contribution is -1.96. The van der Waals surface area contributed by atoms with E-state index in [0.29, 0.717) is 5.92 Å². The van der Waals surface area contributed by atoms with Crippen LogP contribution in [0.1, 0.15) is 25.0 Å². The van der Waals surface area contributed by atoms with Crippen molar-refractivity contribution in [2.75, 3.05) is 0 Å². The first-order valence-corrected chi connectivity index (χ1v) is 4.92. The summed E-state index contributed by atoms with van der Waals surface area (Å²) in [6, 6.07) is 5.95. The lowest BCUT2D eigenvalue weighted by atomic mass is 9.98. The summed E-state index contributed by atoms with van der Waals surface area (Å²) in [7, 11) is 0. The molecule has 0 fully saturated rings. The van der Waals surface area contributed by atoms with Crippen LogP contribution in [-0.2, 0) is 6.42 Å². The second kappa shape index (κ2) is 4.48. The topological polar surface area (TPSA) is 0 Å².